The van der Waals surface area contributed by atoms with Crippen molar-refractivity contribution in [3.63, 3.8) is 0 Å². The molecule has 1 fully saturated rings. The lowest BCUT2D eigenvalue weighted by atomic mass is 9.94. The van der Waals surface area contributed by atoms with Gasteiger partial charge in [0.1, 0.15) is 18.5 Å². The molecule has 2 heterocycles. The van der Waals surface area contributed by atoms with Gasteiger partial charge in [0.25, 0.3) is 11.8 Å². The van der Waals surface area contributed by atoms with E-state index in [2.05, 4.69) is 10.6 Å². The number of carbonyl (C=O) groups excluding carboxylic acids is 3. The zero-order valence-corrected chi connectivity index (χ0v) is 19.6. The Balaban J connectivity index is 1.46. The summed E-state index contributed by atoms with van der Waals surface area (Å²) in [5.41, 5.74) is 1.45. The number of ether oxygens (including phenoxy) is 2. The molecule has 1 saturated heterocycles. The second-order valence-corrected chi connectivity index (χ2v) is 8.75. The summed E-state index contributed by atoms with van der Waals surface area (Å²) in [5, 5.41) is 5.73. The zero-order chi connectivity index (χ0) is 24.1. The second-order valence-electron chi connectivity index (χ2n) is 8.75. The largest absolute Gasteiger partial charge is 0.490 e. The Morgan fingerprint density at radius 1 is 1.12 bits per heavy atom. The van der Waals surface area contributed by atoms with Gasteiger partial charge in [-0.2, -0.15) is 0 Å². The first-order chi connectivity index (χ1) is 16.5. The number of hydrogen-bond donors (Lipinski definition) is 2. The van der Waals surface area contributed by atoms with Crippen molar-refractivity contribution in [1.29, 1.82) is 0 Å². The minimum atomic E-state index is -0.322. The molecular weight excluding hydrogens is 434 g/mol. The predicted octanol–water partition coefficient (Wildman–Crippen LogP) is 3.24. The number of nitrogens with one attached hydrogen (secondary N) is 2. The zero-order valence-electron chi connectivity index (χ0n) is 19.6. The number of amides is 3. The Morgan fingerprint density at radius 3 is 2.68 bits per heavy atom. The Bertz CT molecular complexity index is 1040. The van der Waals surface area contributed by atoms with Crippen LogP contribution in [0.15, 0.2) is 48.5 Å². The minimum absolute atomic E-state index is 0.0167. The van der Waals surface area contributed by atoms with E-state index in [9.17, 15) is 14.4 Å². The lowest BCUT2D eigenvalue weighted by Gasteiger charge is -2.42. The highest BCUT2D eigenvalue weighted by atomic mass is 16.5. The van der Waals surface area contributed by atoms with Crippen LogP contribution in [0.2, 0.25) is 0 Å². The Labute approximate surface area is 199 Å². The van der Waals surface area contributed by atoms with Crippen LogP contribution in [0.3, 0.4) is 0 Å². The van der Waals surface area contributed by atoms with Crippen LogP contribution in [0, 0.1) is 0 Å². The van der Waals surface area contributed by atoms with Crippen molar-refractivity contribution < 1.29 is 23.9 Å². The summed E-state index contributed by atoms with van der Waals surface area (Å²) in [6.07, 6.45) is 2.10. The van der Waals surface area contributed by atoms with E-state index in [1.165, 1.54) is 0 Å². The molecule has 0 spiro atoms. The molecule has 3 amide bonds. The molecule has 180 valence electrons. The first kappa shape index (κ1) is 23.8. The average Bonchev–Trinajstić information content (AvgIpc) is 2.85. The van der Waals surface area contributed by atoms with Crippen molar-refractivity contribution in [2.24, 2.45) is 0 Å². The van der Waals surface area contributed by atoms with Gasteiger partial charge in [-0.25, -0.2) is 0 Å². The fourth-order valence-electron chi connectivity index (χ4n) is 4.44. The van der Waals surface area contributed by atoms with Gasteiger partial charge in [-0.3, -0.25) is 14.4 Å². The normalized spacial score (nSPS) is 21.9. The van der Waals surface area contributed by atoms with Gasteiger partial charge in [0.15, 0.2) is 0 Å². The summed E-state index contributed by atoms with van der Waals surface area (Å²) in [6, 6.07) is 13.8. The summed E-state index contributed by atoms with van der Waals surface area (Å²) in [7, 11) is 1.77. The van der Waals surface area contributed by atoms with E-state index < -0.39 is 0 Å². The lowest BCUT2D eigenvalue weighted by Crippen LogP contribution is -2.54. The van der Waals surface area contributed by atoms with Crippen molar-refractivity contribution in [2.75, 3.05) is 25.5 Å². The molecule has 34 heavy (non-hydrogen) atoms. The van der Waals surface area contributed by atoms with Gasteiger partial charge in [-0.1, -0.05) is 25.1 Å². The van der Waals surface area contributed by atoms with Gasteiger partial charge in [0, 0.05) is 24.8 Å². The summed E-state index contributed by atoms with van der Waals surface area (Å²) in [5.74, 6) is -0.0116. The molecule has 8 nitrogen and oxygen atoms in total. The van der Waals surface area contributed by atoms with Crippen molar-refractivity contribution in [1.82, 2.24) is 10.2 Å². The van der Waals surface area contributed by atoms with E-state index >= 15 is 0 Å². The van der Waals surface area contributed by atoms with Gasteiger partial charge in [-0.05, 0) is 49.6 Å². The van der Waals surface area contributed by atoms with E-state index in [1.54, 1.807) is 54.4 Å². The van der Waals surface area contributed by atoms with E-state index in [0.29, 0.717) is 42.0 Å². The highest BCUT2D eigenvalue weighted by Crippen LogP contribution is 2.32. The quantitative estimate of drug-likeness (QED) is 0.683. The maximum Gasteiger partial charge on any atom is 0.257 e. The summed E-state index contributed by atoms with van der Waals surface area (Å²) in [4.78, 5) is 39.7. The molecule has 0 saturated carbocycles. The van der Waals surface area contributed by atoms with Crippen LogP contribution in [0.25, 0.3) is 0 Å². The van der Waals surface area contributed by atoms with E-state index in [4.69, 9.17) is 9.47 Å². The average molecular weight is 466 g/mol. The summed E-state index contributed by atoms with van der Waals surface area (Å²) in [6.45, 7) is 2.94. The number of rotatable bonds is 6. The first-order valence-electron chi connectivity index (χ1n) is 11.8. The van der Waals surface area contributed by atoms with Crippen molar-refractivity contribution in [3.05, 3.63) is 59.7 Å². The number of likely N-dealkylation sites (N-methyl/N-ethyl adjacent to an activating group) is 1. The standard InChI is InChI=1S/C26H31N3O5/c1-3-13-27-24(30)15-19-10-11-21-23(34-19)16-33-22-12-9-18(14-20(22)26(32)29(21)2)28-25(31)17-7-5-4-6-8-17/h4-9,12,14,19,21,23H,3,10-11,13,15-16H2,1-2H3,(H,27,30)(H,28,31)/t19-,21-,23+/m1/s1. The lowest BCUT2D eigenvalue weighted by molar-refractivity contribution is -0.134. The molecule has 0 radical (unpaired) electrons. The molecule has 0 bridgehead atoms. The van der Waals surface area contributed by atoms with Gasteiger partial charge in [-0.15, -0.1) is 0 Å². The summed E-state index contributed by atoms with van der Waals surface area (Å²) < 4.78 is 12.2. The molecule has 0 aromatic heterocycles. The fourth-order valence-corrected chi connectivity index (χ4v) is 4.44. The Morgan fingerprint density at radius 2 is 1.91 bits per heavy atom. The molecule has 3 atom stereocenters. The number of carbonyl (C=O) groups is 3. The molecule has 0 unspecified atom stereocenters. The molecule has 2 aliphatic heterocycles. The van der Waals surface area contributed by atoms with Gasteiger partial charge < -0.3 is 25.0 Å². The molecule has 2 aromatic rings. The van der Waals surface area contributed by atoms with Crippen molar-refractivity contribution in [3.8, 4) is 5.75 Å². The van der Waals surface area contributed by atoms with Gasteiger partial charge >= 0.3 is 0 Å². The molecule has 8 heteroatoms. The van der Waals surface area contributed by atoms with Crippen molar-refractivity contribution >= 4 is 23.4 Å². The molecule has 2 aliphatic rings. The first-order valence-corrected chi connectivity index (χ1v) is 11.8. The van der Waals surface area contributed by atoms with E-state index in [1.807, 2.05) is 13.0 Å². The Hall–Kier alpha value is -3.39. The van der Waals surface area contributed by atoms with E-state index in [0.717, 1.165) is 12.8 Å². The molecular formula is C26H31N3O5. The monoisotopic (exact) mass is 465 g/mol. The molecule has 2 aromatic carbocycles. The minimum Gasteiger partial charge on any atom is -0.490 e. The third-order valence-electron chi connectivity index (χ3n) is 6.29. The van der Waals surface area contributed by atoms with Crippen molar-refractivity contribution in [2.45, 2.75) is 50.9 Å². The molecule has 4 rings (SSSR count). The van der Waals surface area contributed by atoms with Crippen LogP contribution in [0.4, 0.5) is 5.69 Å². The fraction of sp³-hybridized carbons (Fsp3) is 0.423. The predicted molar refractivity (Wildman–Crippen MR) is 128 cm³/mol. The third-order valence-corrected chi connectivity index (χ3v) is 6.29. The number of nitrogens with zero attached hydrogens (tertiary/aromatic N) is 1. The van der Waals surface area contributed by atoms with Crippen LogP contribution in [0.5, 0.6) is 5.75 Å². The highest BCUT2D eigenvalue weighted by Gasteiger charge is 2.39. The van der Waals surface area contributed by atoms with Crippen LogP contribution < -0.4 is 15.4 Å². The molecule has 2 N–H and O–H groups in total. The number of benzene rings is 2. The van der Waals surface area contributed by atoms with Crippen LogP contribution in [-0.4, -0.2) is 61.1 Å². The van der Waals surface area contributed by atoms with E-state index in [-0.39, 0.29) is 42.6 Å². The maximum absolute atomic E-state index is 13.3. The molecule has 0 aliphatic carbocycles. The van der Waals surface area contributed by atoms with Gasteiger partial charge in [0.2, 0.25) is 5.91 Å². The van der Waals surface area contributed by atoms with Crippen LogP contribution in [0.1, 0.15) is 53.3 Å². The van der Waals surface area contributed by atoms with Crippen LogP contribution >= 0.6 is 0 Å². The number of fused-ring (bicyclic) bond motifs is 2. The second kappa shape index (κ2) is 10.7. The maximum atomic E-state index is 13.3. The SMILES string of the molecule is CCCNC(=O)C[C@H]1CC[C@@H]2[C@H](COc3ccc(NC(=O)c4ccccc4)cc3C(=O)N2C)O1. The summed E-state index contributed by atoms with van der Waals surface area (Å²) >= 11 is 0. The smallest absolute Gasteiger partial charge is 0.257 e. The highest BCUT2D eigenvalue weighted by molar-refractivity contribution is 6.05. The number of anilines is 1. The van der Waals surface area contributed by atoms with Gasteiger partial charge in [0.05, 0.1) is 24.1 Å². The van der Waals surface area contributed by atoms with Crippen LogP contribution in [-0.2, 0) is 9.53 Å². The number of hydrogen-bond acceptors (Lipinski definition) is 5. The topological polar surface area (TPSA) is 97.0 Å². The third kappa shape index (κ3) is 5.39. The Kier molecular flexibility index (Phi) is 7.47.